The van der Waals surface area contributed by atoms with Gasteiger partial charge in [0.05, 0.1) is 9.40 Å². The van der Waals surface area contributed by atoms with Crippen LogP contribution in [0.25, 0.3) is 39.7 Å². The van der Waals surface area contributed by atoms with Crippen LogP contribution in [0.5, 0.6) is 0 Å². The first kappa shape index (κ1) is 38.0. The lowest BCUT2D eigenvalue weighted by Gasteiger charge is -2.04. The number of thiophene rings is 3. The van der Waals surface area contributed by atoms with Gasteiger partial charge in [-0.1, -0.05) is 172 Å². The molecule has 0 radical (unpaired) electrons. The Hall–Kier alpha value is -2.20. The van der Waals surface area contributed by atoms with Crippen molar-refractivity contribution in [3.8, 4) is 0 Å². The first-order valence-electron chi connectivity index (χ1n) is 20.1. The van der Waals surface area contributed by atoms with E-state index in [9.17, 15) is 0 Å². The number of aryl methyl sites for hydroxylation is 2. The smallest absolute Gasteiger partial charge is 0.0542 e. The molecule has 0 aliphatic heterocycles. The lowest BCUT2D eigenvalue weighted by molar-refractivity contribution is 0.556. The van der Waals surface area contributed by atoms with Crippen LogP contribution in [0.1, 0.15) is 153 Å². The minimum atomic E-state index is 1.24. The predicted octanol–water partition coefficient (Wildman–Crippen LogP) is 17.1. The Labute approximate surface area is 310 Å². The molecule has 0 atom stereocenters. The summed E-state index contributed by atoms with van der Waals surface area (Å²) in [5.74, 6) is 0. The lowest BCUT2D eigenvalue weighted by atomic mass is 10.0. The van der Waals surface area contributed by atoms with Gasteiger partial charge in [-0.05, 0) is 71.8 Å². The number of fused-ring (bicyclic) bond motifs is 6. The van der Waals surface area contributed by atoms with E-state index in [2.05, 4.69) is 86.0 Å². The molecule has 49 heavy (non-hydrogen) atoms. The van der Waals surface area contributed by atoms with E-state index < -0.39 is 0 Å². The maximum atomic E-state index is 2.49. The summed E-state index contributed by atoms with van der Waals surface area (Å²) < 4.78 is 7.37. The molecule has 0 aliphatic rings. The molecule has 0 spiro atoms. The molecule has 0 N–H and O–H groups in total. The highest BCUT2D eigenvalue weighted by atomic mass is 32.1. The Morgan fingerprint density at radius 2 is 0.837 bits per heavy atom. The SMILES string of the molecule is CCCCCCCCCCCCc1ccc2c(c1)sc1c3ccc(CCCCCCCCCCCC)cc3sc21.c1ccc2sccc2c1. The molecule has 3 aromatic carbocycles. The van der Waals surface area contributed by atoms with Crippen molar-refractivity contribution < 1.29 is 0 Å². The molecule has 3 aromatic heterocycles. The van der Waals surface area contributed by atoms with Crippen LogP contribution in [-0.2, 0) is 12.8 Å². The van der Waals surface area contributed by atoms with Crippen LogP contribution in [0.2, 0.25) is 0 Å². The summed E-state index contributed by atoms with van der Waals surface area (Å²) in [6.45, 7) is 4.60. The van der Waals surface area contributed by atoms with Crippen molar-refractivity contribution in [1.29, 1.82) is 0 Å². The van der Waals surface area contributed by atoms with Crippen LogP contribution in [0.15, 0.2) is 72.1 Å². The minimum absolute atomic E-state index is 1.24. The topological polar surface area (TPSA) is 0 Å². The highest BCUT2D eigenvalue weighted by Crippen LogP contribution is 2.44. The van der Waals surface area contributed by atoms with Crippen molar-refractivity contribution in [2.45, 2.75) is 155 Å². The summed E-state index contributed by atoms with van der Waals surface area (Å²) in [5.41, 5.74) is 3.06. The van der Waals surface area contributed by atoms with E-state index in [0.29, 0.717) is 0 Å². The van der Waals surface area contributed by atoms with Crippen molar-refractivity contribution in [2.75, 3.05) is 0 Å². The first-order chi connectivity index (χ1) is 24.3. The molecular weight excluding hydrogens is 649 g/mol. The Morgan fingerprint density at radius 3 is 1.29 bits per heavy atom. The van der Waals surface area contributed by atoms with Gasteiger partial charge in [-0.2, -0.15) is 0 Å². The first-order valence-corrected chi connectivity index (χ1v) is 22.6. The van der Waals surface area contributed by atoms with E-state index in [1.165, 1.54) is 192 Å². The Kier molecular flexibility index (Phi) is 17.0. The fourth-order valence-electron chi connectivity index (χ4n) is 7.20. The second-order valence-electron chi connectivity index (χ2n) is 14.3. The Morgan fingerprint density at radius 1 is 0.408 bits per heavy atom. The normalized spacial score (nSPS) is 11.6. The summed E-state index contributed by atoms with van der Waals surface area (Å²) in [5, 5.41) is 6.42. The number of rotatable bonds is 22. The number of unbranched alkanes of at least 4 members (excludes halogenated alkanes) is 18. The van der Waals surface area contributed by atoms with Gasteiger partial charge in [0.25, 0.3) is 0 Å². The maximum Gasteiger partial charge on any atom is 0.0542 e. The second-order valence-corrected chi connectivity index (χ2v) is 17.4. The average molecular weight is 711 g/mol. The molecule has 0 amide bonds. The lowest BCUT2D eigenvalue weighted by Crippen LogP contribution is -1.86. The van der Waals surface area contributed by atoms with Gasteiger partial charge >= 0.3 is 0 Å². The van der Waals surface area contributed by atoms with Crippen LogP contribution in [0.4, 0.5) is 0 Å². The van der Waals surface area contributed by atoms with Crippen LogP contribution in [0, 0.1) is 0 Å². The van der Waals surface area contributed by atoms with Gasteiger partial charge in [0, 0.05) is 24.9 Å². The summed E-state index contributed by atoms with van der Waals surface area (Å²) in [6.07, 6.45) is 30.7. The largest absolute Gasteiger partial charge is 0.144 e. The van der Waals surface area contributed by atoms with Crippen molar-refractivity contribution >= 4 is 73.7 Å². The van der Waals surface area contributed by atoms with E-state index in [4.69, 9.17) is 0 Å². The highest BCUT2D eigenvalue weighted by molar-refractivity contribution is 7.36. The fourth-order valence-corrected chi connectivity index (χ4v) is 10.8. The monoisotopic (exact) mass is 710 g/mol. The highest BCUT2D eigenvalue weighted by Gasteiger charge is 2.13. The number of hydrogen-bond acceptors (Lipinski definition) is 3. The molecule has 0 fully saturated rings. The van der Waals surface area contributed by atoms with Crippen LogP contribution in [-0.4, -0.2) is 0 Å². The minimum Gasteiger partial charge on any atom is -0.144 e. The van der Waals surface area contributed by atoms with Crippen LogP contribution < -0.4 is 0 Å². The van der Waals surface area contributed by atoms with Crippen molar-refractivity contribution in [2.24, 2.45) is 0 Å². The third-order valence-electron chi connectivity index (χ3n) is 10.2. The van der Waals surface area contributed by atoms with Gasteiger partial charge in [-0.3, -0.25) is 0 Å². The third-order valence-corrected chi connectivity index (χ3v) is 13.6. The average Bonchev–Trinajstić information content (AvgIpc) is 3.84. The van der Waals surface area contributed by atoms with Gasteiger partial charge in [-0.15, -0.1) is 34.0 Å². The quantitative estimate of drug-likeness (QED) is 0.0615. The molecule has 0 saturated carbocycles. The Bertz CT molecular complexity index is 1640. The summed E-state index contributed by atoms with van der Waals surface area (Å²) in [4.78, 5) is 0. The van der Waals surface area contributed by atoms with Gasteiger partial charge in [0.2, 0.25) is 0 Å². The van der Waals surface area contributed by atoms with Crippen LogP contribution >= 0.6 is 34.0 Å². The molecule has 0 bridgehead atoms. The van der Waals surface area contributed by atoms with E-state index in [1.54, 1.807) is 11.3 Å². The second kappa shape index (κ2) is 21.9. The van der Waals surface area contributed by atoms with E-state index >= 15 is 0 Å². The third kappa shape index (κ3) is 12.2. The van der Waals surface area contributed by atoms with E-state index in [1.807, 2.05) is 22.7 Å². The molecule has 6 aromatic rings. The molecule has 6 rings (SSSR count). The molecule has 0 nitrogen and oxygen atoms in total. The van der Waals surface area contributed by atoms with Crippen molar-refractivity contribution in [3.63, 3.8) is 0 Å². The standard InChI is InChI=1S/C38H56S2.C8H6S/c1-3-5-7-9-11-13-15-17-19-21-23-31-25-27-33-35(29-31)39-38-34-28-26-32(30-36(34)40-37(33)38)24-22-20-18-16-14-12-10-8-6-4-2;1-2-4-8-7(3-1)5-6-9-8/h25-30H,3-24H2,1-2H3;1-6H. The molecule has 0 aliphatic carbocycles. The molecule has 3 heterocycles. The van der Waals surface area contributed by atoms with Crippen molar-refractivity contribution in [1.82, 2.24) is 0 Å². The molecule has 264 valence electrons. The summed E-state index contributed by atoms with van der Waals surface area (Å²) in [6, 6.07) is 25.2. The van der Waals surface area contributed by atoms with Gasteiger partial charge in [0.1, 0.15) is 0 Å². The molecule has 0 saturated heterocycles. The number of hydrogen-bond donors (Lipinski definition) is 0. The molecule has 0 unspecified atom stereocenters. The molecule has 3 heteroatoms. The molecular formula is C46H62S3. The fraction of sp³-hybridized carbons (Fsp3) is 0.522. The zero-order valence-corrected chi connectivity index (χ0v) is 33.2. The maximum absolute atomic E-state index is 2.49. The zero-order chi connectivity index (χ0) is 33.9. The van der Waals surface area contributed by atoms with Gasteiger partial charge in [0.15, 0.2) is 0 Å². The Balaban J connectivity index is 0.000000444. The van der Waals surface area contributed by atoms with Crippen LogP contribution in [0.3, 0.4) is 0 Å². The van der Waals surface area contributed by atoms with Gasteiger partial charge in [-0.25, -0.2) is 0 Å². The predicted molar refractivity (Wildman–Crippen MR) is 228 cm³/mol. The van der Waals surface area contributed by atoms with Gasteiger partial charge < -0.3 is 0 Å². The van der Waals surface area contributed by atoms with E-state index in [-0.39, 0.29) is 0 Å². The zero-order valence-electron chi connectivity index (χ0n) is 30.7. The van der Waals surface area contributed by atoms with E-state index in [0.717, 1.165) is 0 Å². The summed E-state index contributed by atoms with van der Waals surface area (Å²) in [7, 11) is 0. The number of benzene rings is 3. The summed E-state index contributed by atoms with van der Waals surface area (Å²) >= 11 is 5.83. The van der Waals surface area contributed by atoms with Crippen molar-refractivity contribution in [3.05, 3.63) is 83.2 Å².